The number of nitrogens with one attached hydrogen (secondary N) is 1. The van der Waals surface area contributed by atoms with Crippen LogP contribution < -0.4 is 5.32 Å². The van der Waals surface area contributed by atoms with E-state index in [-0.39, 0.29) is 6.03 Å². The maximum absolute atomic E-state index is 12.4. The van der Waals surface area contributed by atoms with E-state index >= 15 is 0 Å². The predicted molar refractivity (Wildman–Crippen MR) is 81.0 cm³/mol. The van der Waals surface area contributed by atoms with E-state index in [4.69, 9.17) is 0 Å². The van der Waals surface area contributed by atoms with Crippen molar-refractivity contribution in [1.82, 2.24) is 15.2 Å². The summed E-state index contributed by atoms with van der Waals surface area (Å²) in [5, 5.41) is 6.24. The van der Waals surface area contributed by atoms with Crippen molar-refractivity contribution in [1.29, 1.82) is 0 Å². The monoisotopic (exact) mass is 293 g/mol. The summed E-state index contributed by atoms with van der Waals surface area (Å²) in [6.07, 6.45) is 5.76. The van der Waals surface area contributed by atoms with Crippen molar-refractivity contribution < 1.29 is 4.79 Å². The molecule has 2 aliphatic carbocycles. The molecule has 0 saturated heterocycles. The zero-order valence-corrected chi connectivity index (χ0v) is 13.1. The molecule has 0 bridgehead atoms. The van der Waals surface area contributed by atoms with E-state index in [0.717, 1.165) is 23.0 Å². The molecule has 2 amide bonds. The average Bonchev–Trinajstić information content (AvgIpc) is 3.30. The summed E-state index contributed by atoms with van der Waals surface area (Å²) in [6, 6.07) is 1.03. The molecule has 1 N–H and O–H groups in total. The second-order valence-electron chi connectivity index (χ2n) is 6.08. The van der Waals surface area contributed by atoms with Gasteiger partial charge in [0.05, 0.1) is 5.01 Å². The summed E-state index contributed by atoms with van der Waals surface area (Å²) < 4.78 is 0. The lowest BCUT2D eigenvalue weighted by Gasteiger charge is -2.29. The molecule has 5 heteroatoms. The van der Waals surface area contributed by atoms with Crippen LogP contribution in [0.4, 0.5) is 4.79 Å². The Balaban J connectivity index is 1.49. The maximum atomic E-state index is 12.4. The Kier molecular flexibility index (Phi) is 3.96. The van der Waals surface area contributed by atoms with Crippen molar-refractivity contribution in [2.45, 2.75) is 58.0 Å². The lowest BCUT2D eigenvalue weighted by Crippen LogP contribution is -2.47. The molecule has 0 aliphatic heterocycles. The summed E-state index contributed by atoms with van der Waals surface area (Å²) in [6.45, 7) is 4.90. The number of carbonyl (C=O) groups is 1. The van der Waals surface area contributed by atoms with Crippen molar-refractivity contribution >= 4 is 17.4 Å². The number of thiazole rings is 1. The largest absolute Gasteiger partial charge is 0.338 e. The fourth-order valence-corrected chi connectivity index (χ4v) is 3.50. The van der Waals surface area contributed by atoms with E-state index in [9.17, 15) is 4.79 Å². The molecule has 1 aromatic rings. The summed E-state index contributed by atoms with van der Waals surface area (Å²) in [5.41, 5.74) is 1.07. The SMILES string of the molecule is Cc1csc(CCNC(=O)N(C2CC2)[C@@H](C)C2CC2)n1. The van der Waals surface area contributed by atoms with Gasteiger partial charge < -0.3 is 10.2 Å². The van der Waals surface area contributed by atoms with Gasteiger partial charge >= 0.3 is 6.03 Å². The quantitative estimate of drug-likeness (QED) is 0.876. The minimum Gasteiger partial charge on any atom is -0.338 e. The summed E-state index contributed by atoms with van der Waals surface area (Å²) >= 11 is 1.67. The van der Waals surface area contributed by atoms with Crippen LogP contribution in [0, 0.1) is 12.8 Å². The summed E-state index contributed by atoms with van der Waals surface area (Å²) in [5.74, 6) is 0.739. The normalized spacial score (nSPS) is 19.7. The molecule has 1 heterocycles. The molecule has 0 spiro atoms. The van der Waals surface area contributed by atoms with Gasteiger partial charge in [0.15, 0.2) is 0 Å². The molecule has 2 saturated carbocycles. The second-order valence-corrected chi connectivity index (χ2v) is 7.02. The number of rotatable bonds is 6. The van der Waals surface area contributed by atoms with Crippen molar-refractivity contribution in [2.24, 2.45) is 5.92 Å². The minimum absolute atomic E-state index is 0.125. The van der Waals surface area contributed by atoms with Crippen LogP contribution in [0.2, 0.25) is 0 Å². The topological polar surface area (TPSA) is 45.2 Å². The molecule has 2 aliphatic rings. The van der Waals surface area contributed by atoms with Crippen LogP contribution in [-0.4, -0.2) is 34.5 Å². The number of hydrogen-bond donors (Lipinski definition) is 1. The van der Waals surface area contributed by atoms with Crippen LogP contribution in [0.1, 0.15) is 43.3 Å². The number of hydrogen-bond acceptors (Lipinski definition) is 3. The van der Waals surface area contributed by atoms with Gasteiger partial charge in [-0.3, -0.25) is 0 Å². The Morgan fingerprint density at radius 2 is 2.25 bits per heavy atom. The predicted octanol–water partition coefficient (Wildman–Crippen LogP) is 2.97. The maximum Gasteiger partial charge on any atom is 0.317 e. The summed E-state index contributed by atoms with van der Waals surface area (Å²) in [4.78, 5) is 18.9. The number of amides is 2. The first-order valence-electron chi connectivity index (χ1n) is 7.62. The average molecular weight is 293 g/mol. The van der Waals surface area contributed by atoms with Crippen LogP contribution in [0.25, 0.3) is 0 Å². The highest BCUT2D eigenvalue weighted by Crippen LogP contribution is 2.39. The van der Waals surface area contributed by atoms with E-state index in [1.54, 1.807) is 11.3 Å². The van der Waals surface area contributed by atoms with Crippen molar-refractivity contribution in [3.63, 3.8) is 0 Å². The van der Waals surface area contributed by atoms with Crippen LogP contribution in [0.15, 0.2) is 5.38 Å². The van der Waals surface area contributed by atoms with Gasteiger partial charge in [-0.2, -0.15) is 0 Å². The summed E-state index contributed by atoms with van der Waals surface area (Å²) in [7, 11) is 0. The molecule has 0 unspecified atom stereocenters. The molecule has 1 aromatic heterocycles. The third-order valence-electron chi connectivity index (χ3n) is 4.20. The first-order chi connectivity index (χ1) is 9.65. The van der Waals surface area contributed by atoms with Gasteiger partial charge in [-0.15, -0.1) is 11.3 Å². The molecule has 110 valence electrons. The van der Waals surface area contributed by atoms with E-state index in [0.29, 0.717) is 18.6 Å². The molecule has 20 heavy (non-hydrogen) atoms. The van der Waals surface area contributed by atoms with Crippen LogP contribution in [0.3, 0.4) is 0 Å². The highest BCUT2D eigenvalue weighted by Gasteiger charge is 2.41. The molecule has 4 nitrogen and oxygen atoms in total. The Bertz CT molecular complexity index is 479. The number of aryl methyl sites for hydroxylation is 1. The third-order valence-corrected chi connectivity index (χ3v) is 5.23. The lowest BCUT2D eigenvalue weighted by molar-refractivity contribution is 0.167. The van der Waals surface area contributed by atoms with Gasteiger partial charge in [0.2, 0.25) is 0 Å². The van der Waals surface area contributed by atoms with Crippen LogP contribution >= 0.6 is 11.3 Å². The second kappa shape index (κ2) is 5.72. The fourth-order valence-electron chi connectivity index (χ4n) is 2.73. The Hall–Kier alpha value is -1.10. The van der Waals surface area contributed by atoms with Gasteiger partial charge in [0.25, 0.3) is 0 Å². The van der Waals surface area contributed by atoms with E-state index in [2.05, 4.69) is 27.5 Å². The van der Waals surface area contributed by atoms with Gasteiger partial charge in [0, 0.05) is 36.1 Å². The number of carbonyl (C=O) groups excluding carboxylic acids is 1. The smallest absolute Gasteiger partial charge is 0.317 e. The van der Waals surface area contributed by atoms with Crippen molar-refractivity contribution in [3.05, 3.63) is 16.1 Å². The van der Waals surface area contributed by atoms with E-state index in [1.807, 2.05) is 6.92 Å². The van der Waals surface area contributed by atoms with Gasteiger partial charge in [0.1, 0.15) is 0 Å². The number of aromatic nitrogens is 1. The standard InChI is InChI=1S/C15H23N3OS/c1-10-9-20-14(17-10)7-8-16-15(19)18(13-5-6-13)11(2)12-3-4-12/h9,11-13H,3-8H2,1-2H3,(H,16,19)/t11-/m0/s1. The van der Waals surface area contributed by atoms with Crippen molar-refractivity contribution in [3.8, 4) is 0 Å². The van der Waals surface area contributed by atoms with E-state index in [1.165, 1.54) is 25.7 Å². The van der Waals surface area contributed by atoms with Crippen LogP contribution in [0.5, 0.6) is 0 Å². The van der Waals surface area contributed by atoms with Gasteiger partial charge in [-0.25, -0.2) is 9.78 Å². The highest BCUT2D eigenvalue weighted by atomic mass is 32.1. The highest BCUT2D eigenvalue weighted by molar-refractivity contribution is 7.09. The first-order valence-corrected chi connectivity index (χ1v) is 8.50. The first kappa shape index (κ1) is 13.9. The molecule has 0 radical (unpaired) electrons. The molecule has 1 atom stereocenters. The zero-order chi connectivity index (χ0) is 14.1. The number of urea groups is 1. The van der Waals surface area contributed by atoms with Gasteiger partial charge in [-0.05, 0) is 45.4 Å². The van der Waals surface area contributed by atoms with E-state index < -0.39 is 0 Å². The lowest BCUT2D eigenvalue weighted by atomic mass is 10.2. The molecule has 0 aromatic carbocycles. The Morgan fingerprint density at radius 1 is 1.50 bits per heavy atom. The Morgan fingerprint density at radius 3 is 2.80 bits per heavy atom. The third kappa shape index (κ3) is 3.32. The molecule has 2 fully saturated rings. The van der Waals surface area contributed by atoms with Gasteiger partial charge in [-0.1, -0.05) is 0 Å². The minimum atomic E-state index is 0.125. The van der Waals surface area contributed by atoms with Crippen molar-refractivity contribution in [2.75, 3.05) is 6.54 Å². The fraction of sp³-hybridized carbons (Fsp3) is 0.733. The zero-order valence-electron chi connectivity index (χ0n) is 12.3. The molecular formula is C15H23N3OS. The number of nitrogens with zero attached hydrogens (tertiary/aromatic N) is 2. The molecule has 3 rings (SSSR count). The molecular weight excluding hydrogens is 270 g/mol. The van der Waals surface area contributed by atoms with Crippen LogP contribution in [-0.2, 0) is 6.42 Å². The Labute approximate surface area is 124 Å².